The summed E-state index contributed by atoms with van der Waals surface area (Å²) in [6.45, 7) is 1.60. The van der Waals surface area contributed by atoms with E-state index in [1.165, 1.54) is 0 Å². The summed E-state index contributed by atoms with van der Waals surface area (Å²) in [6, 6.07) is 7.42. The molecule has 26 heavy (non-hydrogen) atoms. The molecule has 1 atom stereocenters. The molecule has 0 amide bonds. The van der Waals surface area contributed by atoms with Crippen LogP contribution in [-0.4, -0.2) is 40.7 Å². The van der Waals surface area contributed by atoms with Gasteiger partial charge >= 0.3 is 0 Å². The van der Waals surface area contributed by atoms with E-state index in [1.807, 2.05) is 37.5 Å². The van der Waals surface area contributed by atoms with Crippen LogP contribution in [0.15, 0.2) is 42.9 Å². The zero-order valence-corrected chi connectivity index (χ0v) is 14.9. The highest BCUT2D eigenvalue weighted by atomic mass is 35.5. The summed E-state index contributed by atoms with van der Waals surface area (Å²) in [7, 11) is 1.84. The Bertz CT molecular complexity index is 1070. The van der Waals surface area contributed by atoms with Crippen LogP contribution in [0.1, 0.15) is 6.92 Å². The summed E-state index contributed by atoms with van der Waals surface area (Å²) < 4.78 is 3.35. The number of benzene rings is 1. The zero-order valence-electron chi connectivity index (χ0n) is 14.1. The molecule has 0 bridgehead atoms. The van der Waals surface area contributed by atoms with Crippen molar-refractivity contribution in [3.05, 3.63) is 47.9 Å². The second-order valence-electron chi connectivity index (χ2n) is 5.91. The molecule has 4 aromatic rings. The number of halogens is 1. The summed E-state index contributed by atoms with van der Waals surface area (Å²) in [5.74, 6) is 0.320. The molecule has 0 aliphatic carbocycles. The van der Waals surface area contributed by atoms with Gasteiger partial charge in [0.25, 0.3) is 0 Å². The summed E-state index contributed by atoms with van der Waals surface area (Å²) in [4.78, 5) is 9.21. The Labute approximate surface area is 154 Å². The van der Waals surface area contributed by atoms with Crippen LogP contribution in [0.5, 0.6) is 0 Å². The van der Waals surface area contributed by atoms with Crippen LogP contribution in [0.3, 0.4) is 0 Å². The lowest BCUT2D eigenvalue weighted by Crippen LogP contribution is -2.14. The number of anilines is 1. The molecule has 8 nitrogen and oxygen atoms in total. The fourth-order valence-corrected chi connectivity index (χ4v) is 2.76. The van der Waals surface area contributed by atoms with Crippen molar-refractivity contribution in [1.29, 1.82) is 0 Å². The highest BCUT2D eigenvalue weighted by Gasteiger charge is 2.16. The minimum Gasteiger partial charge on any atom is -0.374 e. The lowest BCUT2D eigenvalue weighted by Gasteiger charge is -2.05. The molecule has 0 aliphatic heterocycles. The van der Waals surface area contributed by atoms with Gasteiger partial charge in [0.1, 0.15) is 11.9 Å². The number of hydrogen-bond donors (Lipinski definition) is 2. The van der Waals surface area contributed by atoms with Crippen molar-refractivity contribution in [3.63, 3.8) is 0 Å². The third-order valence-corrected chi connectivity index (χ3v) is 4.03. The van der Waals surface area contributed by atoms with Crippen LogP contribution in [0.25, 0.3) is 28.2 Å². The lowest BCUT2D eigenvalue weighted by molar-refractivity contribution is 0.223. The maximum atomic E-state index is 9.54. The fourth-order valence-electron chi connectivity index (χ4n) is 2.63. The number of aromatic nitrogens is 6. The smallest absolute Gasteiger partial charge is 0.245 e. The molecule has 132 valence electrons. The summed E-state index contributed by atoms with van der Waals surface area (Å²) in [6.07, 6.45) is 4.62. The molecule has 3 heterocycles. The van der Waals surface area contributed by atoms with Crippen molar-refractivity contribution < 1.29 is 5.11 Å². The number of hydrogen-bond acceptors (Lipinski definition) is 6. The van der Waals surface area contributed by atoms with E-state index >= 15 is 0 Å². The first-order valence-electron chi connectivity index (χ1n) is 7.96. The van der Waals surface area contributed by atoms with Gasteiger partial charge in [-0.2, -0.15) is 10.1 Å². The van der Waals surface area contributed by atoms with Crippen LogP contribution in [0.4, 0.5) is 5.95 Å². The van der Waals surface area contributed by atoms with Gasteiger partial charge in [0.15, 0.2) is 5.65 Å². The Morgan fingerprint density at radius 2 is 1.88 bits per heavy atom. The van der Waals surface area contributed by atoms with Gasteiger partial charge in [0.05, 0.1) is 18.1 Å². The maximum absolute atomic E-state index is 9.54. The van der Waals surface area contributed by atoms with Crippen LogP contribution >= 0.6 is 11.6 Å². The van der Waals surface area contributed by atoms with Crippen molar-refractivity contribution in [1.82, 2.24) is 29.4 Å². The quantitative estimate of drug-likeness (QED) is 0.537. The molecule has 0 spiro atoms. The predicted octanol–water partition coefficient (Wildman–Crippen LogP) is 2.60. The van der Waals surface area contributed by atoms with Crippen LogP contribution in [0, 0.1) is 0 Å². The topological polar surface area (TPSA) is 93.2 Å². The van der Waals surface area contributed by atoms with Gasteiger partial charge in [-0.1, -0.05) is 23.7 Å². The monoisotopic (exact) mass is 369 g/mol. The molecule has 1 unspecified atom stereocenters. The van der Waals surface area contributed by atoms with E-state index in [0.717, 1.165) is 16.8 Å². The van der Waals surface area contributed by atoms with Crippen molar-refractivity contribution in [2.75, 3.05) is 5.32 Å². The van der Waals surface area contributed by atoms with Crippen molar-refractivity contribution in [2.45, 2.75) is 13.2 Å². The minimum atomic E-state index is -0.766. The largest absolute Gasteiger partial charge is 0.374 e. The van der Waals surface area contributed by atoms with E-state index in [9.17, 15) is 5.11 Å². The number of aliphatic hydroxyl groups excluding tert-OH is 1. The maximum Gasteiger partial charge on any atom is 0.245 e. The fraction of sp³-hybridized carbons (Fsp3) is 0.176. The minimum absolute atomic E-state index is 0.320. The lowest BCUT2D eigenvalue weighted by atomic mass is 10.1. The summed E-state index contributed by atoms with van der Waals surface area (Å²) in [5.41, 5.74) is 3.67. The van der Waals surface area contributed by atoms with Gasteiger partial charge in [-0.05, 0) is 19.1 Å². The first-order chi connectivity index (χ1) is 12.5. The van der Waals surface area contributed by atoms with E-state index in [2.05, 4.69) is 20.5 Å². The van der Waals surface area contributed by atoms with E-state index < -0.39 is 6.23 Å². The number of rotatable bonds is 4. The average Bonchev–Trinajstić information content (AvgIpc) is 3.19. The second-order valence-corrected chi connectivity index (χ2v) is 6.34. The third kappa shape index (κ3) is 3.12. The highest BCUT2D eigenvalue weighted by molar-refractivity contribution is 6.30. The Balaban J connectivity index is 1.92. The Kier molecular flexibility index (Phi) is 4.06. The molecular formula is C17H16ClN7O. The molecule has 0 saturated carbocycles. The Hall–Kier alpha value is -2.97. The average molecular weight is 370 g/mol. The summed E-state index contributed by atoms with van der Waals surface area (Å²) in [5, 5.41) is 21.6. The SMILES string of the molecule is CC(O)Nc1nc2c(-c3cnn(C)c3)nc(-c3ccc(Cl)cc3)cn2n1. The molecule has 4 rings (SSSR count). The van der Waals surface area contributed by atoms with Crippen LogP contribution in [-0.2, 0) is 7.05 Å². The number of nitrogens with one attached hydrogen (secondary N) is 1. The predicted molar refractivity (Wildman–Crippen MR) is 98.7 cm³/mol. The molecule has 9 heteroatoms. The first kappa shape index (κ1) is 16.5. The third-order valence-electron chi connectivity index (χ3n) is 3.78. The normalized spacial score (nSPS) is 12.5. The van der Waals surface area contributed by atoms with Crippen LogP contribution in [0.2, 0.25) is 5.02 Å². The van der Waals surface area contributed by atoms with Crippen LogP contribution < -0.4 is 5.32 Å². The Morgan fingerprint density at radius 3 is 2.54 bits per heavy atom. The van der Waals surface area contributed by atoms with E-state index in [-0.39, 0.29) is 0 Å². The molecule has 0 saturated heterocycles. The number of aliphatic hydroxyl groups is 1. The zero-order chi connectivity index (χ0) is 18.3. The number of nitrogens with zero attached hydrogens (tertiary/aromatic N) is 6. The molecule has 0 fully saturated rings. The molecule has 0 radical (unpaired) electrons. The van der Waals surface area contributed by atoms with E-state index in [4.69, 9.17) is 16.6 Å². The molecule has 3 aromatic heterocycles. The van der Waals surface area contributed by atoms with E-state index in [0.29, 0.717) is 22.3 Å². The number of fused-ring (bicyclic) bond motifs is 1. The van der Waals surface area contributed by atoms with Gasteiger partial charge in [0.2, 0.25) is 5.95 Å². The molecular weight excluding hydrogens is 354 g/mol. The van der Waals surface area contributed by atoms with Crippen molar-refractivity contribution in [2.24, 2.45) is 7.05 Å². The second kappa shape index (κ2) is 6.40. The highest BCUT2D eigenvalue weighted by Crippen LogP contribution is 2.27. The van der Waals surface area contributed by atoms with Gasteiger partial charge in [-0.3, -0.25) is 4.68 Å². The van der Waals surface area contributed by atoms with Gasteiger partial charge < -0.3 is 10.4 Å². The summed E-state index contributed by atoms with van der Waals surface area (Å²) >= 11 is 5.98. The van der Waals surface area contributed by atoms with Gasteiger partial charge in [-0.25, -0.2) is 9.50 Å². The van der Waals surface area contributed by atoms with Gasteiger partial charge in [-0.15, -0.1) is 5.10 Å². The first-order valence-corrected chi connectivity index (χ1v) is 8.34. The van der Waals surface area contributed by atoms with Crippen molar-refractivity contribution in [3.8, 4) is 22.5 Å². The van der Waals surface area contributed by atoms with Crippen molar-refractivity contribution >= 4 is 23.2 Å². The number of aryl methyl sites for hydroxylation is 1. The van der Waals surface area contributed by atoms with E-state index in [1.54, 1.807) is 28.5 Å². The molecule has 0 aliphatic rings. The standard InChI is InChI=1S/C17H16ClN7O/c1-10(26)20-17-22-16-15(12-7-19-24(2)8-12)21-14(9-25(16)23-17)11-3-5-13(18)6-4-11/h3-10,26H,1-2H3,(H,20,23). The van der Waals surface area contributed by atoms with Gasteiger partial charge in [0, 0.05) is 29.4 Å². The molecule has 2 N–H and O–H groups in total. The molecule has 1 aromatic carbocycles. The Morgan fingerprint density at radius 1 is 1.12 bits per heavy atom.